The van der Waals surface area contributed by atoms with Crippen molar-refractivity contribution in [3.8, 4) is 0 Å². The highest BCUT2D eigenvalue weighted by Crippen LogP contribution is 2.18. The van der Waals surface area contributed by atoms with Crippen molar-refractivity contribution in [2.24, 2.45) is 0 Å². The van der Waals surface area contributed by atoms with Gasteiger partial charge in [-0.1, -0.05) is 91.0 Å². The largest absolute Gasteiger partial charge is 0.456 e. The van der Waals surface area contributed by atoms with E-state index in [-0.39, 0.29) is 30.9 Å². The molecule has 0 aliphatic heterocycles. The molecule has 3 rings (SSSR count). The zero-order valence-corrected chi connectivity index (χ0v) is 16.3. The van der Waals surface area contributed by atoms with Crippen molar-refractivity contribution in [1.82, 2.24) is 5.32 Å². The summed E-state index contributed by atoms with van der Waals surface area (Å²) < 4.78 is 5.16. The number of ether oxygens (including phenoxy) is 1. The van der Waals surface area contributed by atoms with E-state index in [4.69, 9.17) is 4.74 Å². The zero-order chi connectivity index (χ0) is 20.3. The number of aryl methyl sites for hydroxylation is 1. The molecule has 0 aliphatic rings. The Kier molecular flexibility index (Phi) is 7.58. The molecule has 0 aliphatic carbocycles. The number of hydrogen-bond donors (Lipinski definition) is 1. The minimum Gasteiger partial charge on any atom is -0.456 e. The van der Waals surface area contributed by atoms with Crippen LogP contribution in [0.2, 0.25) is 0 Å². The summed E-state index contributed by atoms with van der Waals surface area (Å²) in [6.07, 6.45) is 1.52. The minimum absolute atomic E-state index is 0.186. The van der Waals surface area contributed by atoms with Crippen molar-refractivity contribution in [2.45, 2.75) is 25.3 Å². The topological polar surface area (TPSA) is 55.4 Å². The highest BCUT2D eigenvalue weighted by Gasteiger charge is 2.16. The summed E-state index contributed by atoms with van der Waals surface area (Å²) in [5, 5.41) is 2.99. The maximum atomic E-state index is 12.4. The van der Waals surface area contributed by atoms with Gasteiger partial charge in [-0.2, -0.15) is 0 Å². The molecule has 0 fully saturated rings. The summed E-state index contributed by atoms with van der Waals surface area (Å²) >= 11 is 0. The van der Waals surface area contributed by atoms with Crippen LogP contribution < -0.4 is 5.32 Å². The monoisotopic (exact) mass is 387 g/mol. The van der Waals surface area contributed by atoms with Gasteiger partial charge in [0, 0.05) is 6.42 Å². The second-order valence-electron chi connectivity index (χ2n) is 6.87. The Bertz CT molecular complexity index is 895. The van der Waals surface area contributed by atoms with Gasteiger partial charge in [0.2, 0.25) is 0 Å². The van der Waals surface area contributed by atoms with Crippen molar-refractivity contribution >= 4 is 11.9 Å². The summed E-state index contributed by atoms with van der Waals surface area (Å²) in [4.78, 5) is 24.4. The summed E-state index contributed by atoms with van der Waals surface area (Å²) in [7, 11) is 0. The molecule has 29 heavy (non-hydrogen) atoms. The molecule has 0 radical (unpaired) electrons. The Hall–Kier alpha value is -3.40. The first-order chi connectivity index (χ1) is 14.2. The average molecular weight is 387 g/mol. The van der Waals surface area contributed by atoms with Crippen molar-refractivity contribution in [3.05, 3.63) is 108 Å². The van der Waals surface area contributed by atoms with E-state index in [2.05, 4.69) is 5.32 Å². The van der Waals surface area contributed by atoms with Gasteiger partial charge in [0.25, 0.3) is 5.91 Å². The highest BCUT2D eigenvalue weighted by atomic mass is 16.5. The van der Waals surface area contributed by atoms with Crippen molar-refractivity contribution in [3.63, 3.8) is 0 Å². The van der Waals surface area contributed by atoms with Crippen LogP contribution in [0.1, 0.15) is 29.2 Å². The molecular formula is C25H25NO3. The van der Waals surface area contributed by atoms with Gasteiger partial charge in [-0.05, 0) is 29.5 Å². The lowest BCUT2D eigenvalue weighted by atomic mass is 9.99. The van der Waals surface area contributed by atoms with Gasteiger partial charge in [-0.15, -0.1) is 0 Å². The fraction of sp³-hybridized carbons (Fsp3) is 0.200. The first-order valence-electron chi connectivity index (χ1n) is 9.78. The summed E-state index contributed by atoms with van der Waals surface area (Å²) in [6.45, 7) is -0.272. The van der Waals surface area contributed by atoms with Crippen LogP contribution in [-0.4, -0.2) is 18.5 Å². The van der Waals surface area contributed by atoms with Crippen molar-refractivity contribution in [1.29, 1.82) is 0 Å². The van der Waals surface area contributed by atoms with Gasteiger partial charge in [0.05, 0.1) is 6.04 Å². The van der Waals surface area contributed by atoms with E-state index in [1.165, 1.54) is 0 Å². The number of amides is 1. The molecule has 4 heteroatoms. The lowest BCUT2D eigenvalue weighted by Crippen LogP contribution is -2.33. The molecule has 0 bridgehead atoms. The third kappa shape index (κ3) is 6.92. The van der Waals surface area contributed by atoms with E-state index in [0.717, 1.165) is 16.7 Å². The van der Waals surface area contributed by atoms with Crippen LogP contribution in [0.4, 0.5) is 0 Å². The molecule has 0 unspecified atom stereocenters. The summed E-state index contributed by atoms with van der Waals surface area (Å²) in [5.74, 6) is -0.675. The molecule has 0 saturated heterocycles. The Morgan fingerprint density at radius 1 is 0.759 bits per heavy atom. The highest BCUT2D eigenvalue weighted by molar-refractivity contribution is 5.81. The zero-order valence-electron chi connectivity index (χ0n) is 16.3. The molecule has 148 valence electrons. The number of esters is 1. The van der Waals surface area contributed by atoms with Gasteiger partial charge in [-0.3, -0.25) is 9.59 Å². The molecule has 0 heterocycles. The second-order valence-corrected chi connectivity index (χ2v) is 6.87. The Balaban J connectivity index is 1.52. The SMILES string of the molecule is O=C(COC(=O)CCc1ccccc1)N[C@@H](Cc1ccccc1)c1ccccc1. The van der Waals surface area contributed by atoms with Crippen LogP contribution in [0.15, 0.2) is 91.0 Å². The van der Waals surface area contributed by atoms with Crippen LogP contribution in [0.25, 0.3) is 0 Å². The Morgan fingerprint density at radius 3 is 1.93 bits per heavy atom. The third-order valence-electron chi connectivity index (χ3n) is 4.64. The second kappa shape index (κ2) is 10.8. The first kappa shape index (κ1) is 20.3. The normalized spacial score (nSPS) is 11.4. The molecule has 4 nitrogen and oxygen atoms in total. The maximum Gasteiger partial charge on any atom is 0.306 e. The van der Waals surface area contributed by atoms with Crippen LogP contribution >= 0.6 is 0 Å². The third-order valence-corrected chi connectivity index (χ3v) is 4.64. The predicted molar refractivity (Wildman–Crippen MR) is 113 cm³/mol. The quantitative estimate of drug-likeness (QED) is 0.558. The van der Waals surface area contributed by atoms with E-state index in [9.17, 15) is 9.59 Å². The Labute approximate surface area is 171 Å². The molecule has 1 N–H and O–H groups in total. The van der Waals surface area contributed by atoms with E-state index in [1.807, 2.05) is 91.0 Å². The number of carbonyl (C=O) groups is 2. The van der Waals surface area contributed by atoms with Gasteiger partial charge in [0.15, 0.2) is 6.61 Å². The number of benzene rings is 3. The fourth-order valence-corrected chi connectivity index (χ4v) is 3.13. The summed E-state index contributed by atoms with van der Waals surface area (Å²) in [5.41, 5.74) is 3.21. The Morgan fingerprint density at radius 2 is 1.31 bits per heavy atom. The van der Waals surface area contributed by atoms with E-state index < -0.39 is 0 Å². The standard InChI is InChI=1S/C25H25NO3/c27-24(19-29-25(28)17-16-20-10-4-1-5-11-20)26-23(22-14-8-3-9-15-22)18-21-12-6-2-7-13-21/h1-15,23H,16-19H2,(H,26,27)/t23-/m0/s1. The van der Waals surface area contributed by atoms with Gasteiger partial charge < -0.3 is 10.1 Å². The molecule has 0 aromatic heterocycles. The molecule has 0 spiro atoms. The number of hydrogen-bond acceptors (Lipinski definition) is 3. The number of rotatable bonds is 9. The van der Waals surface area contributed by atoms with Crippen LogP contribution in [-0.2, 0) is 27.2 Å². The average Bonchev–Trinajstić information content (AvgIpc) is 2.78. The maximum absolute atomic E-state index is 12.4. The van der Waals surface area contributed by atoms with E-state index >= 15 is 0 Å². The van der Waals surface area contributed by atoms with Crippen LogP contribution in [0.3, 0.4) is 0 Å². The molecule has 1 atom stereocenters. The van der Waals surface area contributed by atoms with E-state index in [1.54, 1.807) is 0 Å². The van der Waals surface area contributed by atoms with Crippen molar-refractivity contribution in [2.75, 3.05) is 6.61 Å². The van der Waals surface area contributed by atoms with E-state index in [0.29, 0.717) is 12.8 Å². The molecule has 0 saturated carbocycles. The van der Waals surface area contributed by atoms with Crippen LogP contribution in [0, 0.1) is 0 Å². The van der Waals surface area contributed by atoms with Gasteiger partial charge in [0.1, 0.15) is 0 Å². The summed E-state index contributed by atoms with van der Waals surface area (Å²) in [6, 6.07) is 29.4. The number of nitrogens with one attached hydrogen (secondary N) is 1. The number of carbonyl (C=O) groups excluding carboxylic acids is 2. The first-order valence-corrected chi connectivity index (χ1v) is 9.78. The van der Waals surface area contributed by atoms with Crippen LogP contribution in [0.5, 0.6) is 0 Å². The minimum atomic E-state index is -0.372. The molecule has 3 aromatic carbocycles. The fourth-order valence-electron chi connectivity index (χ4n) is 3.13. The van der Waals surface area contributed by atoms with Crippen molar-refractivity contribution < 1.29 is 14.3 Å². The molecular weight excluding hydrogens is 362 g/mol. The lowest BCUT2D eigenvalue weighted by molar-refractivity contribution is -0.148. The molecule has 1 amide bonds. The van der Waals surface area contributed by atoms with Gasteiger partial charge >= 0.3 is 5.97 Å². The molecule has 3 aromatic rings. The van der Waals surface area contributed by atoms with Gasteiger partial charge in [-0.25, -0.2) is 0 Å². The lowest BCUT2D eigenvalue weighted by Gasteiger charge is -2.19. The predicted octanol–water partition coefficient (Wildman–Crippen LogP) is 4.26. The smallest absolute Gasteiger partial charge is 0.306 e.